The van der Waals surface area contributed by atoms with Crippen molar-refractivity contribution >= 4 is 5.91 Å². The quantitative estimate of drug-likeness (QED) is 0.892. The number of nitrogens with one attached hydrogen (secondary N) is 1. The van der Waals surface area contributed by atoms with E-state index in [-0.39, 0.29) is 5.91 Å². The molecule has 6 nitrogen and oxygen atoms in total. The van der Waals surface area contributed by atoms with Gasteiger partial charge < -0.3 is 5.32 Å². The van der Waals surface area contributed by atoms with Gasteiger partial charge in [-0.3, -0.25) is 14.2 Å². The van der Waals surface area contributed by atoms with E-state index in [0.29, 0.717) is 18.8 Å². The van der Waals surface area contributed by atoms with Crippen LogP contribution >= 0.6 is 0 Å². The molecule has 0 aromatic carbocycles. The lowest BCUT2D eigenvalue weighted by Gasteiger charge is -2.07. The first-order valence-corrected chi connectivity index (χ1v) is 6.27. The first kappa shape index (κ1) is 13.3. The van der Waals surface area contributed by atoms with Crippen LogP contribution in [0.25, 0.3) is 0 Å². The topological polar surface area (TPSA) is 64.7 Å². The molecule has 0 fully saturated rings. The molecule has 0 unspecified atom stereocenters. The van der Waals surface area contributed by atoms with Gasteiger partial charge in [0.2, 0.25) is 0 Å². The van der Waals surface area contributed by atoms with Crippen molar-refractivity contribution in [1.82, 2.24) is 24.9 Å². The van der Waals surface area contributed by atoms with E-state index in [9.17, 15) is 4.79 Å². The van der Waals surface area contributed by atoms with Crippen LogP contribution in [-0.4, -0.2) is 32.0 Å². The normalized spacial score (nSPS) is 10.7. The van der Waals surface area contributed by atoms with Gasteiger partial charge in [0.15, 0.2) is 0 Å². The highest BCUT2D eigenvalue weighted by Gasteiger charge is 2.11. The Morgan fingerprint density at radius 1 is 1.21 bits per heavy atom. The number of aryl methyl sites for hydroxylation is 4. The first-order chi connectivity index (χ1) is 8.97. The Kier molecular flexibility index (Phi) is 3.69. The number of carbonyl (C=O) groups is 1. The molecule has 0 radical (unpaired) electrons. The van der Waals surface area contributed by atoms with Crippen molar-refractivity contribution < 1.29 is 4.79 Å². The van der Waals surface area contributed by atoms with Crippen molar-refractivity contribution in [3.63, 3.8) is 0 Å². The maximum absolute atomic E-state index is 12.0. The van der Waals surface area contributed by atoms with E-state index in [1.807, 2.05) is 31.5 Å². The molecule has 1 amide bonds. The van der Waals surface area contributed by atoms with Gasteiger partial charge in [0.25, 0.3) is 5.91 Å². The van der Waals surface area contributed by atoms with Crippen molar-refractivity contribution in [3.05, 3.63) is 34.9 Å². The first-order valence-electron chi connectivity index (χ1n) is 6.27. The van der Waals surface area contributed by atoms with Crippen LogP contribution < -0.4 is 5.32 Å². The van der Waals surface area contributed by atoms with Crippen molar-refractivity contribution in [2.24, 2.45) is 7.05 Å². The molecule has 0 bridgehead atoms. The summed E-state index contributed by atoms with van der Waals surface area (Å²) >= 11 is 0. The Bertz CT molecular complexity index is 596. The molecule has 0 saturated carbocycles. The molecule has 102 valence electrons. The molecule has 0 saturated heterocycles. The number of hydrogen-bond acceptors (Lipinski definition) is 3. The predicted octanol–water partition coefficient (Wildman–Crippen LogP) is 0.972. The second-order valence-corrected chi connectivity index (χ2v) is 4.70. The summed E-state index contributed by atoms with van der Waals surface area (Å²) in [6.45, 7) is 7.05. The van der Waals surface area contributed by atoms with E-state index < -0.39 is 0 Å². The monoisotopic (exact) mass is 261 g/mol. The summed E-state index contributed by atoms with van der Waals surface area (Å²) in [7, 11) is 1.77. The molecule has 6 heteroatoms. The van der Waals surface area contributed by atoms with E-state index in [1.54, 1.807) is 17.8 Å². The predicted molar refractivity (Wildman–Crippen MR) is 72.0 cm³/mol. The maximum Gasteiger partial charge on any atom is 0.269 e. The molecule has 19 heavy (non-hydrogen) atoms. The summed E-state index contributed by atoms with van der Waals surface area (Å²) in [6, 6.07) is 3.80. The van der Waals surface area contributed by atoms with Gasteiger partial charge in [0, 0.05) is 19.3 Å². The zero-order chi connectivity index (χ0) is 14.0. The van der Waals surface area contributed by atoms with Gasteiger partial charge >= 0.3 is 0 Å². The number of amides is 1. The third kappa shape index (κ3) is 3.01. The van der Waals surface area contributed by atoms with E-state index in [0.717, 1.165) is 17.1 Å². The van der Waals surface area contributed by atoms with Crippen LogP contribution in [0.5, 0.6) is 0 Å². The molecule has 0 atom stereocenters. The van der Waals surface area contributed by atoms with Crippen molar-refractivity contribution in [1.29, 1.82) is 0 Å². The molecular formula is C13H19N5O. The third-order valence-electron chi connectivity index (χ3n) is 2.95. The number of hydrogen-bond donors (Lipinski definition) is 1. The third-order valence-corrected chi connectivity index (χ3v) is 2.95. The fraction of sp³-hybridized carbons (Fsp3) is 0.462. The molecule has 2 aromatic rings. The Morgan fingerprint density at radius 3 is 2.42 bits per heavy atom. The average Bonchev–Trinajstić information content (AvgIpc) is 2.81. The van der Waals surface area contributed by atoms with E-state index in [1.165, 1.54) is 0 Å². The smallest absolute Gasteiger partial charge is 0.269 e. The lowest BCUT2D eigenvalue weighted by Crippen LogP contribution is -2.29. The average molecular weight is 261 g/mol. The fourth-order valence-electron chi connectivity index (χ4n) is 2.09. The molecule has 0 spiro atoms. The molecule has 0 aliphatic carbocycles. The molecule has 2 heterocycles. The highest BCUT2D eigenvalue weighted by Crippen LogP contribution is 2.02. The van der Waals surface area contributed by atoms with Crippen LogP contribution in [0.4, 0.5) is 0 Å². The maximum atomic E-state index is 12.0. The SMILES string of the molecule is Cc1cc(C(=O)NCCn2nc(C)cc2C)n(C)n1. The lowest BCUT2D eigenvalue weighted by atomic mass is 10.3. The van der Waals surface area contributed by atoms with Crippen LogP contribution in [0.2, 0.25) is 0 Å². The number of aromatic nitrogens is 4. The number of nitrogens with zero attached hydrogens (tertiary/aromatic N) is 4. The van der Waals surface area contributed by atoms with Gasteiger partial charge in [0.1, 0.15) is 5.69 Å². The molecular weight excluding hydrogens is 242 g/mol. The van der Waals surface area contributed by atoms with Crippen LogP contribution in [0.3, 0.4) is 0 Å². The fourth-order valence-corrected chi connectivity index (χ4v) is 2.09. The Morgan fingerprint density at radius 2 is 1.89 bits per heavy atom. The second-order valence-electron chi connectivity index (χ2n) is 4.70. The standard InChI is InChI=1S/C13H19N5O/c1-9-7-11(3)18(16-9)6-5-14-13(19)12-8-10(2)15-17(12)4/h7-8H,5-6H2,1-4H3,(H,14,19). The van der Waals surface area contributed by atoms with E-state index in [2.05, 4.69) is 15.5 Å². The summed E-state index contributed by atoms with van der Waals surface area (Å²) in [6.07, 6.45) is 0. The molecule has 0 aliphatic rings. The van der Waals surface area contributed by atoms with Gasteiger partial charge in [-0.1, -0.05) is 0 Å². The Labute approximate surface area is 112 Å². The Hall–Kier alpha value is -2.11. The van der Waals surface area contributed by atoms with Crippen molar-refractivity contribution in [3.8, 4) is 0 Å². The Balaban J connectivity index is 1.91. The number of rotatable bonds is 4. The summed E-state index contributed by atoms with van der Waals surface area (Å²) in [4.78, 5) is 12.0. The van der Waals surface area contributed by atoms with Crippen molar-refractivity contribution in [2.45, 2.75) is 27.3 Å². The zero-order valence-electron chi connectivity index (χ0n) is 11.8. The van der Waals surface area contributed by atoms with Crippen molar-refractivity contribution in [2.75, 3.05) is 6.54 Å². The summed E-state index contributed by atoms with van der Waals surface area (Å²) in [5.74, 6) is -0.107. The van der Waals surface area contributed by atoms with Gasteiger partial charge in [-0.05, 0) is 32.9 Å². The molecule has 2 aromatic heterocycles. The summed E-state index contributed by atoms with van der Waals surface area (Å²) in [5, 5.41) is 11.4. The van der Waals surface area contributed by atoms with Crippen LogP contribution in [0.1, 0.15) is 27.6 Å². The summed E-state index contributed by atoms with van der Waals surface area (Å²) < 4.78 is 3.48. The lowest BCUT2D eigenvalue weighted by molar-refractivity contribution is 0.0942. The number of carbonyl (C=O) groups excluding carboxylic acids is 1. The van der Waals surface area contributed by atoms with Crippen LogP contribution in [-0.2, 0) is 13.6 Å². The zero-order valence-corrected chi connectivity index (χ0v) is 11.8. The van der Waals surface area contributed by atoms with E-state index in [4.69, 9.17) is 0 Å². The van der Waals surface area contributed by atoms with Crippen LogP contribution in [0, 0.1) is 20.8 Å². The molecule has 2 rings (SSSR count). The minimum atomic E-state index is -0.107. The van der Waals surface area contributed by atoms with Crippen LogP contribution in [0.15, 0.2) is 12.1 Å². The van der Waals surface area contributed by atoms with E-state index >= 15 is 0 Å². The van der Waals surface area contributed by atoms with Gasteiger partial charge in [-0.2, -0.15) is 10.2 Å². The van der Waals surface area contributed by atoms with Gasteiger partial charge in [-0.25, -0.2) is 0 Å². The minimum Gasteiger partial charge on any atom is -0.349 e. The largest absolute Gasteiger partial charge is 0.349 e. The summed E-state index contributed by atoms with van der Waals surface area (Å²) in [5.41, 5.74) is 3.51. The highest BCUT2D eigenvalue weighted by atomic mass is 16.2. The molecule has 0 aliphatic heterocycles. The van der Waals surface area contributed by atoms with Gasteiger partial charge in [0.05, 0.1) is 17.9 Å². The second kappa shape index (κ2) is 5.26. The minimum absolute atomic E-state index is 0.107. The highest BCUT2D eigenvalue weighted by molar-refractivity contribution is 5.92. The van der Waals surface area contributed by atoms with Gasteiger partial charge in [-0.15, -0.1) is 0 Å². The molecule has 1 N–H and O–H groups in total.